The van der Waals surface area contributed by atoms with Crippen LogP contribution in [-0.2, 0) is 37.0 Å². The van der Waals surface area contributed by atoms with Crippen molar-refractivity contribution < 1.29 is 27.5 Å². The molecular weight excluding hydrogens is 716 g/mol. The van der Waals surface area contributed by atoms with E-state index in [1.807, 2.05) is 12.1 Å². The lowest BCUT2D eigenvalue weighted by atomic mass is 9.86. The van der Waals surface area contributed by atoms with E-state index in [2.05, 4.69) is 121 Å². The summed E-state index contributed by atoms with van der Waals surface area (Å²) in [6.07, 6.45) is 8.30. The number of anilines is 3. The van der Waals surface area contributed by atoms with Gasteiger partial charge in [0.15, 0.2) is 0 Å². The van der Waals surface area contributed by atoms with Crippen LogP contribution in [0.3, 0.4) is 0 Å². The minimum atomic E-state index is -3.65. The Balaban J connectivity index is 0.000000443. The summed E-state index contributed by atoms with van der Waals surface area (Å²) in [5, 5.41) is 18.4. The summed E-state index contributed by atoms with van der Waals surface area (Å²) < 4.78 is 39.6. The minimum absolute atomic E-state index is 0.000170. The predicted molar refractivity (Wildman–Crippen MR) is 229 cm³/mol. The summed E-state index contributed by atoms with van der Waals surface area (Å²) in [6.45, 7) is 26.9. The number of hydrogen-bond donors (Lipinski definition) is 5. The quantitative estimate of drug-likeness (QED) is 0.0970. The fourth-order valence-electron chi connectivity index (χ4n) is 5.09. The highest BCUT2D eigenvalue weighted by Crippen LogP contribution is 2.30. The van der Waals surface area contributed by atoms with Crippen molar-refractivity contribution in [2.75, 3.05) is 34.7 Å². The molecule has 11 heteroatoms. The van der Waals surface area contributed by atoms with E-state index in [0.29, 0.717) is 17.4 Å². The third-order valence-electron chi connectivity index (χ3n) is 8.21. The highest BCUT2D eigenvalue weighted by Gasteiger charge is 2.17. The van der Waals surface area contributed by atoms with E-state index in [1.54, 1.807) is 18.2 Å². The molecule has 300 valence electrons. The number of carboxylic acids is 1. The number of carbonyl (C=O) groups is 2. The average Bonchev–Trinajstić information content (AvgIpc) is 3.07. The minimum Gasteiger partial charge on any atom is -0.478 e. The maximum atomic E-state index is 14.5. The number of benzene rings is 3. The molecule has 1 amide bonds. The van der Waals surface area contributed by atoms with Gasteiger partial charge >= 0.3 is 5.97 Å². The van der Waals surface area contributed by atoms with Crippen LogP contribution in [0.1, 0.15) is 103 Å². The number of nitrogens with one attached hydrogen (secondary N) is 4. The van der Waals surface area contributed by atoms with E-state index in [4.69, 9.17) is 5.11 Å². The van der Waals surface area contributed by atoms with Gasteiger partial charge in [0.2, 0.25) is 15.9 Å². The summed E-state index contributed by atoms with van der Waals surface area (Å²) in [4.78, 5) is 23.1. The van der Waals surface area contributed by atoms with Crippen LogP contribution in [0, 0.1) is 17.7 Å². The zero-order valence-corrected chi connectivity index (χ0v) is 35.2. The Kier molecular flexibility index (Phi) is 16.9. The molecule has 0 fully saturated rings. The van der Waals surface area contributed by atoms with Gasteiger partial charge in [0.25, 0.3) is 0 Å². The van der Waals surface area contributed by atoms with Gasteiger partial charge in [-0.15, -0.1) is 0 Å². The second kappa shape index (κ2) is 20.1. The molecule has 0 heterocycles. The van der Waals surface area contributed by atoms with Crippen LogP contribution in [0.25, 0.3) is 18.2 Å². The maximum Gasteiger partial charge on any atom is 0.328 e. The fourth-order valence-corrected chi connectivity index (χ4v) is 5.67. The van der Waals surface area contributed by atoms with Crippen molar-refractivity contribution in [2.24, 2.45) is 11.8 Å². The van der Waals surface area contributed by atoms with Crippen molar-refractivity contribution in [3.05, 3.63) is 106 Å². The first-order valence-corrected chi connectivity index (χ1v) is 20.3. The zero-order valence-electron chi connectivity index (χ0n) is 34.4. The molecule has 0 radical (unpaired) electrons. The van der Waals surface area contributed by atoms with Crippen LogP contribution in [0.15, 0.2) is 67.3 Å². The molecule has 0 aliphatic carbocycles. The largest absolute Gasteiger partial charge is 0.478 e. The first kappa shape index (κ1) is 46.3. The molecule has 0 bridgehead atoms. The topological polar surface area (TPSA) is 137 Å². The summed E-state index contributed by atoms with van der Waals surface area (Å²) in [7, 11) is -3.65. The molecule has 0 saturated heterocycles. The van der Waals surface area contributed by atoms with Crippen LogP contribution in [-0.4, -0.2) is 44.7 Å². The van der Waals surface area contributed by atoms with Gasteiger partial charge < -0.3 is 21.1 Å². The summed E-state index contributed by atoms with van der Waals surface area (Å²) in [5.74, 6) is -1.01. The molecule has 5 N–H and O–H groups in total. The van der Waals surface area contributed by atoms with Crippen molar-refractivity contribution in [3.8, 4) is 0 Å². The molecule has 0 saturated carbocycles. The van der Waals surface area contributed by atoms with E-state index >= 15 is 0 Å². The highest BCUT2D eigenvalue weighted by atomic mass is 32.2. The van der Waals surface area contributed by atoms with E-state index < -0.39 is 21.8 Å². The Morgan fingerprint density at radius 1 is 0.782 bits per heavy atom. The van der Waals surface area contributed by atoms with Crippen molar-refractivity contribution in [1.29, 1.82) is 0 Å². The fraction of sp³-hybridized carbons (Fsp3) is 0.409. The van der Waals surface area contributed by atoms with Crippen molar-refractivity contribution in [1.82, 2.24) is 5.32 Å². The van der Waals surface area contributed by atoms with E-state index in [9.17, 15) is 22.4 Å². The number of hydrogen-bond acceptors (Lipinski definition) is 6. The van der Waals surface area contributed by atoms with Gasteiger partial charge in [0.05, 0.1) is 11.9 Å². The molecule has 3 rings (SSSR count). The SMILES string of the molecule is C=Cc1cc(CNC(=O)/C=C/c2ccc(C(C)(C)C)cc2NCC(C)C)cc(F)c1NS(C)(=O)=O.CC(C)CNc1cc(C(C)(C)C)ccc1/C=C/C(=O)O. The normalized spacial score (nSPS) is 12.1. The Hall–Kier alpha value is -4.90. The number of sulfonamides is 1. The van der Waals surface area contributed by atoms with Gasteiger partial charge in [0.1, 0.15) is 5.82 Å². The summed E-state index contributed by atoms with van der Waals surface area (Å²) >= 11 is 0. The lowest BCUT2D eigenvalue weighted by Crippen LogP contribution is -2.21. The van der Waals surface area contributed by atoms with Crippen molar-refractivity contribution in [3.63, 3.8) is 0 Å². The second-order valence-corrected chi connectivity index (χ2v) is 18.2. The molecule has 0 aromatic heterocycles. The van der Waals surface area contributed by atoms with Gasteiger partial charge in [-0.1, -0.05) is 106 Å². The van der Waals surface area contributed by atoms with E-state index in [-0.39, 0.29) is 34.5 Å². The Morgan fingerprint density at radius 3 is 1.65 bits per heavy atom. The number of rotatable bonds is 15. The molecule has 0 unspecified atom stereocenters. The average molecular weight is 777 g/mol. The molecule has 0 atom stereocenters. The number of carbonyl (C=O) groups excluding carboxylic acids is 1. The molecule has 55 heavy (non-hydrogen) atoms. The second-order valence-electron chi connectivity index (χ2n) is 16.5. The van der Waals surface area contributed by atoms with Crippen LogP contribution in [0.4, 0.5) is 21.5 Å². The molecule has 0 spiro atoms. The Bertz CT molecular complexity index is 1970. The van der Waals surface area contributed by atoms with Crippen LogP contribution in [0.2, 0.25) is 0 Å². The van der Waals surface area contributed by atoms with Crippen LogP contribution in [0.5, 0.6) is 0 Å². The zero-order chi connectivity index (χ0) is 41.7. The lowest BCUT2D eigenvalue weighted by Gasteiger charge is -2.22. The van der Waals surface area contributed by atoms with Crippen molar-refractivity contribution >= 4 is 57.2 Å². The van der Waals surface area contributed by atoms with Gasteiger partial charge in [-0.3, -0.25) is 9.52 Å². The van der Waals surface area contributed by atoms with Gasteiger partial charge in [0, 0.05) is 48.7 Å². The molecular formula is C44H61FN4O5S. The molecule has 3 aromatic carbocycles. The first-order chi connectivity index (χ1) is 25.4. The predicted octanol–water partition coefficient (Wildman–Crippen LogP) is 9.69. The molecule has 9 nitrogen and oxygen atoms in total. The highest BCUT2D eigenvalue weighted by molar-refractivity contribution is 7.92. The first-order valence-electron chi connectivity index (χ1n) is 18.5. The van der Waals surface area contributed by atoms with Crippen LogP contribution < -0.4 is 20.7 Å². The third-order valence-corrected chi connectivity index (χ3v) is 8.79. The number of carboxylic acid groups (broad SMARTS) is 1. The molecule has 3 aromatic rings. The number of halogens is 1. The number of aliphatic carboxylic acids is 1. The maximum absolute atomic E-state index is 14.5. The standard InChI is InChI=1S/C27H36FN3O3S.C17H25NO2/c1-8-20-13-19(14-23(28)26(20)31-35(7,33)34)17-30-25(32)12-10-21-9-11-22(27(4,5)6)15-24(21)29-16-18(2)3;1-12(2)11-18-15-10-14(17(3,4)5)8-6-13(15)7-9-16(19)20/h8-15,18,29,31H,1,16-17H2,2-7H3,(H,30,32);6-10,12,18H,11H2,1-5H3,(H,19,20)/b12-10+;9-7+. The lowest BCUT2D eigenvalue weighted by molar-refractivity contribution is -0.131. The van der Waals surface area contributed by atoms with Gasteiger partial charge in [-0.2, -0.15) is 0 Å². The Labute approximate surface area is 328 Å². The monoisotopic (exact) mass is 776 g/mol. The van der Waals surface area contributed by atoms with Gasteiger partial charge in [-0.05, 0) is 86.9 Å². The summed E-state index contributed by atoms with van der Waals surface area (Å²) in [5.41, 5.74) is 6.84. The van der Waals surface area contributed by atoms with Crippen LogP contribution >= 0.6 is 0 Å². The molecule has 0 aliphatic rings. The summed E-state index contributed by atoms with van der Waals surface area (Å²) in [6, 6.07) is 15.1. The molecule has 0 aliphatic heterocycles. The van der Waals surface area contributed by atoms with E-state index in [1.165, 1.54) is 35.4 Å². The third kappa shape index (κ3) is 16.6. The van der Waals surface area contributed by atoms with Gasteiger partial charge in [-0.25, -0.2) is 17.6 Å². The smallest absolute Gasteiger partial charge is 0.328 e. The van der Waals surface area contributed by atoms with E-state index in [0.717, 1.165) is 41.8 Å². The van der Waals surface area contributed by atoms with Crippen molar-refractivity contribution in [2.45, 2.75) is 86.6 Å². The number of amides is 1. The Morgan fingerprint density at radius 2 is 1.25 bits per heavy atom.